The largest absolute Gasteiger partial charge is 0.381 e. The highest BCUT2D eigenvalue weighted by molar-refractivity contribution is 4.90. The molecule has 1 aliphatic heterocycles. The van der Waals surface area contributed by atoms with Gasteiger partial charge in [-0.25, -0.2) is 0 Å². The van der Waals surface area contributed by atoms with Crippen LogP contribution in [0.15, 0.2) is 0 Å². The molecular weight excluding hydrogens is 186 g/mol. The fraction of sp³-hybridized carbons (Fsp3) is 1.00. The van der Waals surface area contributed by atoms with Gasteiger partial charge in [0.1, 0.15) is 0 Å². The van der Waals surface area contributed by atoms with E-state index in [2.05, 4.69) is 39.5 Å². The maximum Gasteiger partial charge on any atom is 0.0509 e. The monoisotopic (exact) mass is 213 g/mol. The van der Waals surface area contributed by atoms with Gasteiger partial charge < -0.3 is 4.74 Å². The molecule has 1 rings (SSSR count). The molecule has 2 atom stereocenters. The molecule has 0 radical (unpaired) electrons. The molecule has 2 heteroatoms. The molecule has 0 aromatic rings. The van der Waals surface area contributed by atoms with Gasteiger partial charge in [-0.3, -0.25) is 4.90 Å². The summed E-state index contributed by atoms with van der Waals surface area (Å²) in [5.41, 5.74) is 0. The van der Waals surface area contributed by atoms with Crippen LogP contribution < -0.4 is 0 Å². The topological polar surface area (TPSA) is 12.5 Å². The van der Waals surface area contributed by atoms with E-state index in [0.29, 0.717) is 6.04 Å². The van der Waals surface area contributed by atoms with E-state index >= 15 is 0 Å². The molecule has 0 N–H and O–H groups in total. The van der Waals surface area contributed by atoms with Crippen LogP contribution in [0.4, 0.5) is 0 Å². The number of rotatable bonds is 5. The van der Waals surface area contributed by atoms with Crippen LogP contribution in [0, 0.1) is 11.8 Å². The normalized spacial score (nSPS) is 28.2. The lowest BCUT2D eigenvalue weighted by molar-refractivity contribution is 0.0683. The van der Waals surface area contributed by atoms with Crippen LogP contribution >= 0.6 is 0 Å². The quantitative estimate of drug-likeness (QED) is 0.696. The second-order valence-corrected chi connectivity index (χ2v) is 5.27. The third-order valence-electron chi connectivity index (χ3n) is 3.51. The molecule has 15 heavy (non-hydrogen) atoms. The lowest BCUT2D eigenvalue weighted by Crippen LogP contribution is -2.42. The summed E-state index contributed by atoms with van der Waals surface area (Å²) >= 11 is 0. The highest BCUT2D eigenvalue weighted by atomic mass is 16.5. The predicted molar refractivity (Wildman–Crippen MR) is 65.1 cm³/mol. The number of hydrogen-bond acceptors (Lipinski definition) is 2. The lowest BCUT2D eigenvalue weighted by atomic mass is 9.91. The first-order chi connectivity index (χ1) is 7.07. The summed E-state index contributed by atoms with van der Waals surface area (Å²) in [5.74, 6) is 1.48. The first-order valence-electron chi connectivity index (χ1n) is 6.41. The molecule has 0 aromatic heterocycles. The van der Waals surface area contributed by atoms with Gasteiger partial charge in [0.15, 0.2) is 0 Å². The van der Waals surface area contributed by atoms with E-state index in [0.717, 1.165) is 31.1 Å². The first kappa shape index (κ1) is 13.0. The Labute approximate surface area is 95.0 Å². The molecule has 0 bridgehead atoms. The van der Waals surface area contributed by atoms with Gasteiger partial charge in [0, 0.05) is 18.7 Å². The average molecular weight is 213 g/mol. The number of nitrogens with zero attached hydrogens (tertiary/aromatic N) is 1. The minimum absolute atomic E-state index is 0.670. The smallest absolute Gasteiger partial charge is 0.0509 e. The zero-order valence-electron chi connectivity index (χ0n) is 11.0. The molecule has 90 valence electrons. The van der Waals surface area contributed by atoms with Crippen molar-refractivity contribution in [2.45, 2.75) is 53.1 Å². The predicted octanol–water partition coefficient (Wildman–Crippen LogP) is 2.78. The Bertz CT molecular complexity index is 179. The maximum absolute atomic E-state index is 5.60. The van der Waals surface area contributed by atoms with Crippen LogP contribution in [0.3, 0.4) is 0 Å². The third-order valence-corrected chi connectivity index (χ3v) is 3.51. The van der Waals surface area contributed by atoms with Crippen molar-refractivity contribution in [1.29, 1.82) is 0 Å². The maximum atomic E-state index is 5.60. The van der Waals surface area contributed by atoms with E-state index in [1.54, 1.807) is 0 Å². The van der Waals surface area contributed by atoms with E-state index in [9.17, 15) is 0 Å². The summed E-state index contributed by atoms with van der Waals surface area (Å²) in [6.07, 6.45) is 1.31. The van der Waals surface area contributed by atoms with E-state index in [-0.39, 0.29) is 0 Å². The zero-order chi connectivity index (χ0) is 11.4. The van der Waals surface area contributed by atoms with E-state index in [4.69, 9.17) is 4.74 Å². The average Bonchev–Trinajstić information content (AvgIpc) is 2.58. The van der Waals surface area contributed by atoms with Gasteiger partial charge in [0.25, 0.3) is 0 Å². The minimum Gasteiger partial charge on any atom is -0.381 e. The molecule has 1 saturated heterocycles. The van der Waals surface area contributed by atoms with Gasteiger partial charge in [-0.15, -0.1) is 0 Å². The standard InChI is InChI=1S/C13H27NO/c1-6-15-9-12-7-8-14(11(4)5)13(12)10(2)3/h10-13H,6-9H2,1-5H3. The summed E-state index contributed by atoms with van der Waals surface area (Å²) in [6, 6.07) is 1.39. The van der Waals surface area contributed by atoms with Crippen LogP contribution in [0.25, 0.3) is 0 Å². The molecule has 0 aliphatic carbocycles. The van der Waals surface area contributed by atoms with Crippen molar-refractivity contribution in [1.82, 2.24) is 4.90 Å². The Kier molecular flexibility index (Phi) is 5.07. The molecule has 0 spiro atoms. The highest BCUT2D eigenvalue weighted by Gasteiger charge is 2.36. The second kappa shape index (κ2) is 5.86. The summed E-state index contributed by atoms with van der Waals surface area (Å²) in [7, 11) is 0. The van der Waals surface area contributed by atoms with Crippen molar-refractivity contribution in [3.05, 3.63) is 0 Å². The second-order valence-electron chi connectivity index (χ2n) is 5.27. The molecule has 2 nitrogen and oxygen atoms in total. The molecule has 0 aromatic carbocycles. The van der Waals surface area contributed by atoms with Gasteiger partial charge >= 0.3 is 0 Å². The van der Waals surface area contributed by atoms with Crippen molar-refractivity contribution < 1.29 is 4.74 Å². The molecule has 0 amide bonds. The number of ether oxygens (including phenoxy) is 1. The molecule has 1 fully saturated rings. The molecular formula is C13H27NO. The Morgan fingerprint density at radius 1 is 1.27 bits per heavy atom. The van der Waals surface area contributed by atoms with Gasteiger partial charge in [-0.05, 0) is 45.6 Å². The Morgan fingerprint density at radius 3 is 2.40 bits per heavy atom. The van der Waals surface area contributed by atoms with Gasteiger partial charge in [-0.1, -0.05) is 13.8 Å². The van der Waals surface area contributed by atoms with Crippen LogP contribution in [0.1, 0.15) is 41.0 Å². The third kappa shape index (κ3) is 3.18. The van der Waals surface area contributed by atoms with Gasteiger partial charge in [0.2, 0.25) is 0 Å². The van der Waals surface area contributed by atoms with Crippen molar-refractivity contribution in [3.63, 3.8) is 0 Å². The highest BCUT2D eigenvalue weighted by Crippen LogP contribution is 2.31. The fourth-order valence-electron chi connectivity index (χ4n) is 2.89. The summed E-state index contributed by atoms with van der Waals surface area (Å²) in [5, 5.41) is 0. The Morgan fingerprint density at radius 2 is 1.93 bits per heavy atom. The van der Waals surface area contributed by atoms with Crippen molar-refractivity contribution in [2.24, 2.45) is 11.8 Å². The minimum atomic E-state index is 0.670. The van der Waals surface area contributed by atoms with Crippen LogP contribution in [-0.2, 0) is 4.74 Å². The van der Waals surface area contributed by atoms with Crippen LogP contribution in [0.2, 0.25) is 0 Å². The van der Waals surface area contributed by atoms with Gasteiger partial charge in [-0.2, -0.15) is 0 Å². The first-order valence-corrected chi connectivity index (χ1v) is 6.41. The Hall–Kier alpha value is -0.0800. The van der Waals surface area contributed by atoms with E-state index < -0.39 is 0 Å². The molecule has 1 aliphatic rings. The van der Waals surface area contributed by atoms with Crippen molar-refractivity contribution >= 4 is 0 Å². The van der Waals surface area contributed by atoms with Crippen LogP contribution in [-0.4, -0.2) is 36.7 Å². The molecule has 2 unspecified atom stereocenters. The SMILES string of the molecule is CCOCC1CCN(C(C)C)C1C(C)C. The number of likely N-dealkylation sites (tertiary alicyclic amines) is 1. The van der Waals surface area contributed by atoms with Crippen molar-refractivity contribution in [2.75, 3.05) is 19.8 Å². The fourth-order valence-corrected chi connectivity index (χ4v) is 2.89. The zero-order valence-corrected chi connectivity index (χ0v) is 11.0. The summed E-state index contributed by atoms with van der Waals surface area (Å²) in [4.78, 5) is 2.65. The van der Waals surface area contributed by atoms with E-state index in [1.165, 1.54) is 13.0 Å². The van der Waals surface area contributed by atoms with Gasteiger partial charge in [0.05, 0.1) is 6.61 Å². The molecule has 0 saturated carbocycles. The summed E-state index contributed by atoms with van der Waals surface area (Å²) in [6.45, 7) is 14.4. The van der Waals surface area contributed by atoms with Crippen molar-refractivity contribution in [3.8, 4) is 0 Å². The summed E-state index contributed by atoms with van der Waals surface area (Å²) < 4.78 is 5.60. The van der Waals surface area contributed by atoms with E-state index in [1.807, 2.05) is 0 Å². The number of hydrogen-bond donors (Lipinski definition) is 0. The Balaban J connectivity index is 2.58. The molecule has 1 heterocycles. The van der Waals surface area contributed by atoms with Crippen LogP contribution in [0.5, 0.6) is 0 Å². The lowest BCUT2D eigenvalue weighted by Gasteiger charge is -2.34.